The van der Waals surface area contributed by atoms with Gasteiger partial charge in [0.15, 0.2) is 0 Å². The molecule has 0 aromatic carbocycles. The van der Waals surface area contributed by atoms with Gasteiger partial charge in [-0.1, -0.05) is 0 Å². The average molecular weight is 248 g/mol. The highest BCUT2D eigenvalue weighted by Gasteiger charge is 2.42. The lowest BCUT2D eigenvalue weighted by atomic mass is 10.0. The Bertz CT molecular complexity index is 332. The Morgan fingerprint density at radius 1 is 1.38 bits per heavy atom. The Morgan fingerprint density at radius 3 is 2.44 bits per heavy atom. The molecule has 2 heterocycles. The largest absolute Gasteiger partial charge is 0.383 e. The summed E-state index contributed by atoms with van der Waals surface area (Å²) in [7, 11) is -1.63. The molecule has 0 radical (unpaired) electrons. The molecule has 2 saturated heterocycles. The monoisotopic (exact) mass is 248 g/mol. The van der Waals surface area contributed by atoms with Crippen LogP contribution in [0.3, 0.4) is 0 Å². The summed E-state index contributed by atoms with van der Waals surface area (Å²) < 4.78 is 30.9. The molecule has 6 heteroatoms. The summed E-state index contributed by atoms with van der Waals surface area (Å²) in [6.45, 7) is 5.24. The van der Waals surface area contributed by atoms with Gasteiger partial charge in [0, 0.05) is 20.2 Å². The van der Waals surface area contributed by atoms with E-state index >= 15 is 0 Å². The van der Waals surface area contributed by atoms with Crippen LogP contribution in [0.15, 0.2) is 0 Å². The van der Waals surface area contributed by atoms with Gasteiger partial charge in [-0.3, -0.25) is 0 Å². The van der Waals surface area contributed by atoms with Gasteiger partial charge in [0.2, 0.25) is 10.0 Å². The van der Waals surface area contributed by atoms with Gasteiger partial charge in [0.05, 0.1) is 11.9 Å². The van der Waals surface area contributed by atoms with E-state index in [0.717, 1.165) is 13.1 Å². The van der Waals surface area contributed by atoms with E-state index in [4.69, 9.17) is 4.74 Å². The van der Waals surface area contributed by atoms with Gasteiger partial charge in [-0.25, -0.2) is 12.7 Å². The van der Waals surface area contributed by atoms with Gasteiger partial charge in [-0.05, 0) is 31.8 Å². The van der Waals surface area contributed by atoms with Crippen molar-refractivity contribution in [3.63, 3.8) is 0 Å². The zero-order valence-electron chi connectivity index (χ0n) is 9.85. The molecule has 2 aliphatic heterocycles. The number of hydrogen-bond donors (Lipinski definition) is 1. The lowest BCUT2D eigenvalue weighted by molar-refractivity contribution is 0.198. The van der Waals surface area contributed by atoms with Crippen molar-refractivity contribution in [3.8, 4) is 0 Å². The SMILES string of the molecule is COCC(C)S(=O)(=O)N1C[C@H]2CNC[C@H]2C1. The molecule has 1 N–H and O–H groups in total. The van der Waals surface area contributed by atoms with Crippen molar-refractivity contribution in [1.29, 1.82) is 0 Å². The van der Waals surface area contributed by atoms with E-state index in [-0.39, 0.29) is 6.61 Å². The first-order valence-corrected chi connectivity index (χ1v) is 7.24. The van der Waals surface area contributed by atoms with E-state index < -0.39 is 15.3 Å². The topological polar surface area (TPSA) is 58.6 Å². The van der Waals surface area contributed by atoms with E-state index in [0.29, 0.717) is 24.9 Å². The lowest BCUT2D eigenvalue weighted by Crippen LogP contribution is -2.39. The maximum absolute atomic E-state index is 12.2. The van der Waals surface area contributed by atoms with Crippen LogP contribution in [0, 0.1) is 11.8 Å². The maximum Gasteiger partial charge on any atom is 0.219 e. The molecule has 0 amide bonds. The molecule has 0 saturated carbocycles. The standard InChI is InChI=1S/C10H20N2O3S/c1-8(7-15-2)16(13,14)12-5-9-3-11-4-10(9)6-12/h8-11H,3-7H2,1-2H3/t8?,9-,10+. The minimum atomic E-state index is -3.16. The summed E-state index contributed by atoms with van der Waals surface area (Å²) in [6, 6.07) is 0. The lowest BCUT2D eigenvalue weighted by Gasteiger charge is -2.21. The Labute approximate surface area is 97.2 Å². The van der Waals surface area contributed by atoms with Crippen molar-refractivity contribution in [2.45, 2.75) is 12.2 Å². The highest BCUT2D eigenvalue weighted by atomic mass is 32.2. The van der Waals surface area contributed by atoms with Gasteiger partial charge in [0.25, 0.3) is 0 Å². The highest BCUT2D eigenvalue weighted by Crippen LogP contribution is 2.29. The second-order valence-electron chi connectivity index (χ2n) is 4.81. The summed E-state index contributed by atoms with van der Waals surface area (Å²) >= 11 is 0. The van der Waals surface area contributed by atoms with E-state index in [1.54, 1.807) is 11.2 Å². The first-order valence-electron chi connectivity index (χ1n) is 5.74. The van der Waals surface area contributed by atoms with E-state index in [9.17, 15) is 8.42 Å². The van der Waals surface area contributed by atoms with Crippen molar-refractivity contribution in [2.24, 2.45) is 11.8 Å². The highest BCUT2D eigenvalue weighted by molar-refractivity contribution is 7.89. The summed E-state index contributed by atoms with van der Waals surface area (Å²) in [5, 5.41) is 2.86. The molecule has 2 fully saturated rings. The van der Waals surface area contributed by atoms with E-state index in [1.807, 2.05) is 0 Å². The number of fused-ring (bicyclic) bond motifs is 1. The summed E-state index contributed by atoms with van der Waals surface area (Å²) in [4.78, 5) is 0. The second kappa shape index (κ2) is 4.60. The van der Waals surface area contributed by atoms with Crippen molar-refractivity contribution in [3.05, 3.63) is 0 Å². The summed E-state index contributed by atoms with van der Waals surface area (Å²) in [6.07, 6.45) is 0. The van der Waals surface area contributed by atoms with Crippen molar-refractivity contribution in [1.82, 2.24) is 9.62 Å². The van der Waals surface area contributed by atoms with Crippen LogP contribution in [-0.4, -0.2) is 57.9 Å². The molecule has 2 aliphatic rings. The number of rotatable bonds is 4. The molecule has 3 atom stereocenters. The third-order valence-electron chi connectivity index (χ3n) is 3.63. The molecule has 0 bridgehead atoms. The second-order valence-corrected chi connectivity index (χ2v) is 7.16. The van der Waals surface area contributed by atoms with Gasteiger partial charge < -0.3 is 10.1 Å². The van der Waals surface area contributed by atoms with E-state index in [1.165, 1.54) is 7.11 Å². The number of hydrogen-bond acceptors (Lipinski definition) is 4. The van der Waals surface area contributed by atoms with Gasteiger partial charge >= 0.3 is 0 Å². The molecule has 0 aromatic heterocycles. The fourth-order valence-electron chi connectivity index (χ4n) is 2.60. The molecule has 94 valence electrons. The van der Waals surface area contributed by atoms with Crippen LogP contribution < -0.4 is 5.32 Å². The van der Waals surface area contributed by atoms with E-state index in [2.05, 4.69) is 5.32 Å². The Balaban J connectivity index is 2.03. The fraction of sp³-hybridized carbons (Fsp3) is 1.00. The molecule has 5 nitrogen and oxygen atoms in total. The maximum atomic E-state index is 12.2. The van der Waals surface area contributed by atoms with Crippen molar-refractivity contribution >= 4 is 10.0 Å². The molecular formula is C10H20N2O3S. The van der Waals surface area contributed by atoms with Crippen LogP contribution in [0.1, 0.15) is 6.92 Å². The van der Waals surface area contributed by atoms with Crippen LogP contribution in [0.5, 0.6) is 0 Å². The number of methoxy groups -OCH3 is 1. The molecule has 16 heavy (non-hydrogen) atoms. The minimum absolute atomic E-state index is 0.270. The van der Waals surface area contributed by atoms with Crippen LogP contribution in [0.4, 0.5) is 0 Å². The molecule has 0 aromatic rings. The molecule has 0 spiro atoms. The third-order valence-corrected chi connectivity index (χ3v) is 5.80. The third kappa shape index (κ3) is 2.11. The number of nitrogens with zero attached hydrogens (tertiary/aromatic N) is 1. The van der Waals surface area contributed by atoms with Crippen LogP contribution in [-0.2, 0) is 14.8 Å². The Morgan fingerprint density at radius 2 is 1.94 bits per heavy atom. The minimum Gasteiger partial charge on any atom is -0.383 e. The van der Waals surface area contributed by atoms with Gasteiger partial charge in [-0.2, -0.15) is 0 Å². The van der Waals surface area contributed by atoms with Gasteiger partial charge in [-0.15, -0.1) is 0 Å². The zero-order chi connectivity index (χ0) is 11.8. The van der Waals surface area contributed by atoms with Crippen molar-refractivity contribution < 1.29 is 13.2 Å². The Hall–Kier alpha value is -0.170. The number of ether oxygens (including phenoxy) is 1. The molecular weight excluding hydrogens is 228 g/mol. The molecule has 0 aliphatic carbocycles. The number of nitrogens with one attached hydrogen (secondary N) is 1. The smallest absolute Gasteiger partial charge is 0.219 e. The normalized spacial score (nSPS) is 32.9. The summed E-state index contributed by atoms with van der Waals surface area (Å²) in [5.74, 6) is 1.01. The first-order chi connectivity index (χ1) is 7.55. The molecule has 1 unspecified atom stereocenters. The van der Waals surface area contributed by atoms with Crippen LogP contribution in [0.2, 0.25) is 0 Å². The Kier molecular flexibility index (Phi) is 3.53. The predicted octanol–water partition coefficient (Wildman–Crippen LogP) is -0.498. The quantitative estimate of drug-likeness (QED) is 0.729. The zero-order valence-corrected chi connectivity index (χ0v) is 10.7. The van der Waals surface area contributed by atoms with Gasteiger partial charge in [0.1, 0.15) is 0 Å². The van der Waals surface area contributed by atoms with Crippen LogP contribution >= 0.6 is 0 Å². The average Bonchev–Trinajstić information content (AvgIpc) is 2.76. The summed E-state index contributed by atoms with van der Waals surface area (Å²) in [5.41, 5.74) is 0. The van der Waals surface area contributed by atoms with Crippen molar-refractivity contribution in [2.75, 3.05) is 39.9 Å². The molecule has 2 rings (SSSR count). The first kappa shape index (κ1) is 12.3. The number of sulfonamides is 1. The predicted molar refractivity (Wildman–Crippen MR) is 61.7 cm³/mol. The van der Waals surface area contributed by atoms with Crippen LogP contribution in [0.25, 0.3) is 0 Å². The fourth-order valence-corrected chi connectivity index (χ4v) is 4.21.